The third-order valence-corrected chi connectivity index (χ3v) is 5.14. The molecule has 1 saturated heterocycles. The molecule has 6 nitrogen and oxygen atoms in total. The molecule has 4 rings (SSSR count). The number of thioether (sulfide) groups is 1. The fourth-order valence-corrected chi connectivity index (χ4v) is 3.50. The number of benzene rings is 1. The van der Waals surface area contributed by atoms with Gasteiger partial charge in [-0.2, -0.15) is 5.10 Å². The van der Waals surface area contributed by atoms with Gasteiger partial charge in [0.25, 0.3) is 0 Å². The SMILES string of the molecule is CSc1ccc(Nc2ncnc3c2cnn3C2CCNCC2)cc1. The first-order chi connectivity index (χ1) is 11.8. The lowest BCUT2D eigenvalue weighted by molar-refractivity contribution is 0.349. The van der Waals surface area contributed by atoms with Crippen LogP contribution in [0.2, 0.25) is 0 Å². The van der Waals surface area contributed by atoms with E-state index in [0.29, 0.717) is 6.04 Å². The molecule has 2 N–H and O–H groups in total. The topological polar surface area (TPSA) is 67.7 Å². The Morgan fingerprint density at radius 1 is 1.17 bits per heavy atom. The smallest absolute Gasteiger partial charge is 0.163 e. The van der Waals surface area contributed by atoms with Crippen molar-refractivity contribution >= 4 is 34.3 Å². The highest BCUT2D eigenvalue weighted by molar-refractivity contribution is 7.98. The molecule has 0 saturated carbocycles. The summed E-state index contributed by atoms with van der Waals surface area (Å²) in [6.45, 7) is 2.06. The summed E-state index contributed by atoms with van der Waals surface area (Å²) in [5, 5.41) is 12.3. The van der Waals surface area contributed by atoms with Crippen molar-refractivity contribution in [1.29, 1.82) is 0 Å². The summed E-state index contributed by atoms with van der Waals surface area (Å²) < 4.78 is 2.06. The van der Waals surface area contributed by atoms with Gasteiger partial charge in [-0.3, -0.25) is 0 Å². The van der Waals surface area contributed by atoms with Crippen LogP contribution in [-0.4, -0.2) is 39.1 Å². The highest BCUT2D eigenvalue weighted by atomic mass is 32.2. The van der Waals surface area contributed by atoms with Gasteiger partial charge in [0.15, 0.2) is 5.65 Å². The number of anilines is 2. The molecule has 0 spiro atoms. The van der Waals surface area contributed by atoms with Gasteiger partial charge in [0.2, 0.25) is 0 Å². The number of nitrogens with zero attached hydrogens (tertiary/aromatic N) is 4. The first-order valence-electron chi connectivity index (χ1n) is 8.15. The zero-order valence-corrected chi connectivity index (χ0v) is 14.4. The summed E-state index contributed by atoms with van der Waals surface area (Å²) in [6, 6.07) is 8.74. The van der Waals surface area contributed by atoms with E-state index in [-0.39, 0.29) is 0 Å². The van der Waals surface area contributed by atoms with Crippen LogP contribution in [0.4, 0.5) is 11.5 Å². The molecule has 0 unspecified atom stereocenters. The van der Waals surface area contributed by atoms with E-state index in [1.165, 1.54) is 4.90 Å². The summed E-state index contributed by atoms with van der Waals surface area (Å²) in [6.07, 6.45) is 7.72. The molecule has 0 atom stereocenters. The van der Waals surface area contributed by atoms with Gasteiger partial charge in [-0.1, -0.05) is 0 Å². The Bertz CT molecular complexity index is 823. The fraction of sp³-hybridized carbons (Fsp3) is 0.353. The van der Waals surface area contributed by atoms with Gasteiger partial charge < -0.3 is 10.6 Å². The molecule has 124 valence electrons. The Labute approximate surface area is 145 Å². The van der Waals surface area contributed by atoms with E-state index in [1.807, 2.05) is 6.20 Å². The second-order valence-electron chi connectivity index (χ2n) is 5.88. The van der Waals surface area contributed by atoms with Gasteiger partial charge in [0.05, 0.1) is 17.6 Å². The minimum Gasteiger partial charge on any atom is -0.340 e. The Hall–Kier alpha value is -2.12. The van der Waals surface area contributed by atoms with Crippen LogP contribution in [0.1, 0.15) is 18.9 Å². The van der Waals surface area contributed by atoms with Crippen molar-refractivity contribution in [3.8, 4) is 0 Å². The van der Waals surface area contributed by atoms with Crippen molar-refractivity contribution in [2.75, 3.05) is 24.7 Å². The van der Waals surface area contributed by atoms with Crippen LogP contribution in [0, 0.1) is 0 Å². The molecule has 1 aliphatic heterocycles. The molecule has 3 heterocycles. The van der Waals surface area contributed by atoms with Crippen LogP contribution in [-0.2, 0) is 0 Å². The Balaban J connectivity index is 1.64. The number of hydrogen-bond acceptors (Lipinski definition) is 6. The zero-order chi connectivity index (χ0) is 16.4. The van der Waals surface area contributed by atoms with Gasteiger partial charge in [0.1, 0.15) is 12.1 Å². The van der Waals surface area contributed by atoms with Gasteiger partial charge in [-0.15, -0.1) is 11.8 Å². The molecule has 1 aliphatic rings. The van der Waals surface area contributed by atoms with E-state index in [0.717, 1.165) is 48.5 Å². The van der Waals surface area contributed by atoms with E-state index >= 15 is 0 Å². The first-order valence-corrected chi connectivity index (χ1v) is 9.37. The second kappa shape index (κ2) is 6.78. The molecule has 1 aromatic carbocycles. The highest BCUT2D eigenvalue weighted by Crippen LogP contribution is 2.27. The second-order valence-corrected chi connectivity index (χ2v) is 6.76. The van der Waals surface area contributed by atoms with E-state index in [4.69, 9.17) is 0 Å². The largest absolute Gasteiger partial charge is 0.340 e. The minimum absolute atomic E-state index is 0.410. The Morgan fingerprint density at radius 3 is 2.71 bits per heavy atom. The van der Waals surface area contributed by atoms with E-state index in [2.05, 4.69) is 60.9 Å². The minimum atomic E-state index is 0.410. The lowest BCUT2D eigenvalue weighted by atomic mass is 10.1. The van der Waals surface area contributed by atoms with Crippen molar-refractivity contribution in [2.45, 2.75) is 23.8 Å². The molecular formula is C17H20N6S. The average molecular weight is 340 g/mol. The number of aromatic nitrogens is 4. The fourth-order valence-electron chi connectivity index (χ4n) is 3.09. The van der Waals surface area contributed by atoms with Crippen molar-refractivity contribution in [1.82, 2.24) is 25.1 Å². The lowest BCUT2D eigenvalue weighted by Gasteiger charge is -2.23. The van der Waals surface area contributed by atoms with E-state index in [1.54, 1.807) is 18.1 Å². The van der Waals surface area contributed by atoms with Crippen LogP contribution in [0.3, 0.4) is 0 Å². The van der Waals surface area contributed by atoms with Crippen LogP contribution >= 0.6 is 11.8 Å². The van der Waals surface area contributed by atoms with Crippen LogP contribution in [0.5, 0.6) is 0 Å². The summed E-state index contributed by atoms with van der Waals surface area (Å²) in [5.41, 5.74) is 1.92. The van der Waals surface area contributed by atoms with Gasteiger partial charge >= 0.3 is 0 Å². The zero-order valence-electron chi connectivity index (χ0n) is 13.6. The molecular weight excluding hydrogens is 320 g/mol. The molecule has 7 heteroatoms. The number of fused-ring (bicyclic) bond motifs is 1. The molecule has 0 aliphatic carbocycles. The number of hydrogen-bond donors (Lipinski definition) is 2. The summed E-state index contributed by atoms with van der Waals surface area (Å²) in [7, 11) is 0. The van der Waals surface area contributed by atoms with Gasteiger partial charge in [0, 0.05) is 10.6 Å². The monoisotopic (exact) mass is 340 g/mol. The predicted octanol–water partition coefficient (Wildman–Crippen LogP) is 3.22. The van der Waals surface area contributed by atoms with Gasteiger partial charge in [-0.05, 0) is 56.5 Å². The van der Waals surface area contributed by atoms with Crippen LogP contribution < -0.4 is 10.6 Å². The highest BCUT2D eigenvalue weighted by Gasteiger charge is 2.19. The molecule has 0 radical (unpaired) electrons. The summed E-state index contributed by atoms with van der Waals surface area (Å²) in [5.74, 6) is 0.803. The maximum Gasteiger partial charge on any atom is 0.163 e. The van der Waals surface area contributed by atoms with Gasteiger partial charge in [-0.25, -0.2) is 14.6 Å². The number of rotatable bonds is 4. The standard InChI is InChI=1S/C17H20N6S/c1-24-14-4-2-12(3-5-14)22-16-15-10-21-23(17(15)20-11-19-16)13-6-8-18-9-7-13/h2-5,10-11,13,18H,6-9H2,1H3,(H,19,20,22). The molecule has 1 fully saturated rings. The predicted molar refractivity (Wildman–Crippen MR) is 98.0 cm³/mol. The molecule has 24 heavy (non-hydrogen) atoms. The Morgan fingerprint density at radius 2 is 1.96 bits per heavy atom. The first kappa shape index (κ1) is 15.4. The molecule has 0 bridgehead atoms. The number of piperidine rings is 1. The third-order valence-electron chi connectivity index (χ3n) is 4.40. The van der Waals surface area contributed by atoms with E-state index in [9.17, 15) is 0 Å². The van der Waals surface area contributed by atoms with Crippen LogP contribution in [0.25, 0.3) is 11.0 Å². The quantitative estimate of drug-likeness (QED) is 0.711. The maximum atomic E-state index is 4.59. The van der Waals surface area contributed by atoms with Crippen molar-refractivity contribution in [3.05, 3.63) is 36.8 Å². The third kappa shape index (κ3) is 2.97. The van der Waals surface area contributed by atoms with Crippen molar-refractivity contribution in [3.63, 3.8) is 0 Å². The van der Waals surface area contributed by atoms with Crippen molar-refractivity contribution < 1.29 is 0 Å². The van der Waals surface area contributed by atoms with Crippen LogP contribution in [0.15, 0.2) is 41.7 Å². The summed E-state index contributed by atoms with van der Waals surface area (Å²) >= 11 is 1.73. The van der Waals surface area contributed by atoms with Crippen molar-refractivity contribution in [2.24, 2.45) is 0 Å². The summed E-state index contributed by atoms with van der Waals surface area (Å²) in [4.78, 5) is 10.1. The van der Waals surface area contributed by atoms with E-state index < -0.39 is 0 Å². The molecule has 3 aromatic rings. The Kier molecular flexibility index (Phi) is 4.36. The molecule has 0 amide bonds. The lowest BCUT2D eigenvalue weighted by Crippen LogP contribution is -2.29. The average Bonchev–Trinajstić information content (AvgIpc) is 3.08. The normalized spacial score (nSPS) is 15.7. The number of nitrogens with one attached hydrogen (secondary N) is 2. The molecule has 2 aromatic heterocycles. The maximum absolute atomic E-state index is 4.59.